The maximum absolute atomic E-state index is 11.5. The molecule has 0 heterocycles. The van der Waals surface area contributed by atoms with Crippen LogP contribution in [0.15, 0.2) is 12.2 Å². The molecule has 0 aromatic carbocycles. The monoisotopic (exact) mass is 283 g/mol. The van der Waals surface area contributed by atoms with Gasteiger partial charge in [0, 0.05) is 11.6 Å². The van der Waals surface area contributed by atoms with Gasteiger partial charge in [-0.3, -0.25) is 4.90 Å². The van der Waals surface area contributed by atoms with E-state index in [2.05, 4.69) is 32.3 Å². The predicted octanol–water partition coefficient (Wildman–Crippen LogP) is 4.18. The van der Waals surface area contributed by atoms with Crippen molar-refractivity contribution < 1.29 is 9.53 Å². The molecule has 0 radical (unpaired) electrons. The number of carbonyl (C=O) groups is 1. The Morgan fingerprint density at radius 2 is 1.70 bits per heavy atom. The quantitative estimate of drug-likeness (QED) is 0.306. The Bertz CT molecular complexity index is 272. The Hall–Kier alpha value is -0.830. The first-order valence-electron chi connectivity index (χ1n) is 8.13. The first-order chi connectivity index (χ1) is 9.56. The molecule has 20 heavy (non-hydrogen) atoms. The number of likely N-dealkylation sites (N-methyl/N-ethyl adjacent to an activating group) is 1. The maximum atomic E-state index is 11.5. The van der Waals surface area contributed by atoms with E-state index in [1.807, 2.05) is 0 Å². The van der Waals surface area contributed by atoms with Gasteiger partial charge in [0.05, 0.1) is 0 Å². The van der Waals surface area contributed by atoms with Gasteiger partial charge in [-0.2, -0.15) is 0 Å². The molecule has 3 heteroatoms. The second kappa shape index (κ2) is 12.0. The van der Waals surface area contributed by atoms with Gasteiger partial charge in [-0.15, -0.1) is 0 Å². The molecule has 0 saturated carbocycles. The van der Waals surface area contributed by atoms with Crippen LogP contribution in [0.25, 0.3) is 0 Å². The van der Waals surface area contributed by atoms with E-state index < -0.39 is 0 Å². The van der Waals surface area contributed by atoms with Crippen LogP contribution in [-0.4, -0.2) is 36.6 Å². The lowest BCUT2D eigenvalue weighted by Gasteiger charge is -2.29. The number of carbonyl (C=O) groups excluding carboxylic acids is 1. The summed E-state index contributed by atoms with van der Waals surface area (Å²) < 4.78 is 5.35. The van der Waals surface area contributed by atoms with Gasteiger partial charge in [0.15, 0.2) is 0 Å². The minimum absolute atomic E-state index is 0.270. The molecular weight excluding hydrogens is 250 g/mol. The van der Waals surface area contributed by atoms with Crippen LogP contribution < -0.4 is 0 Å². The van der Waals surface area contributed by atoms with Crippen molar-refractivity contribution in [3.05, 3.63) is 12.2 Å². The third-order valence-electron chi connectivity index (χ3n) is 3.72. The Kier molecular flexibility index (Phi) is 11.5. The van der Waals surface area contributed by atoms with Crippen molar-refractivity contribution in [3.8, 4) is 0 Å². The molecular formula is C17H33NO2. The maximum Gasteiger partial charge on any atom is 0.333 e. The number of rotatable bonds is 12. The Morgan fingerprint density at radius 1 is 1.10 bits per heavy atom. The van der Waals surface area contributed by atoms with Gasteiger partial charge in [-0.25, -0.2) is 4.79 Å². The second-order valence-corrected chi connectivity index (χ2v) is 5.46. The van der Waals surface area contributed by atoms with Crippen molar-refractivity contribution in [3.63, 3.8) is 0 Å². The summed E-state index contributed by atoms with van der Waals surface area (Å²) in [4.78, 5) is 13.9. The first-order valence-corrected chi connectivity index (χ1v) is 8.13. The topological polar surface area (TPSA) is 29.5 Å². The molecule has 0 aliphatic heterocycles. The van der Waals surface area contributed by atoms with E-state index in [9.17, 15) is 4.79 Å². The van der Waals surface area contributed by atoms with Gasteiger partial charge in [0.1, 0.15) is 6.61 Å². The zero-order valence-corrected chi connectivity index (χ0v) is 13.9. The number of unbranched alkanes of at least 4 members (excludes halogenated alkanes) is 4. The van der Waals surface area contributed by atoms with E-state index in [-0.39, 0.29) is 5.97 Å². The van der Waals surface area contributed by atoms with Gasteiger partial charge in [0.2, 0.25) is 0 Å². The Morgan fingerprint density at radius 3 is 2.20 bits per heavy atom. The summed E-state index contributed by atoms with van der Waals surface area (Å²) in [6.45, 7) is 14.4. The summed E-state index contributed by atoms with van der Waals surface area (Å²) in [7, 11) is 0. The summed E-state index contributed by atoms with van der Waals surface area (Å²) in [6.07, 6.45) is 7.50. The fourth-order valence-corrected chi connectivity index (χ4v) is 2.39. The van der Waals surface area contributed by atoms with Crippen molar-refractivity contribution in [2.24, 2.45) is 0 Å². The van der Waals surface area contributed by atoms with Gasteiger partial charge >= 0.3 is 5.97 Å². The van der Waals surface area contributed by atoms with Crippen molar-refractivity contribution >= 4 is 5.97 Å². The van der Waals surface area contributed by atoms with Crippen molar-refractivity contribution in [1.29, 1.82) is 0 Å². The first kappa shape index (κ1) is 19.2. The number of nitrogens with zero attached hydrogens (tertiary/aromatic N) is 1. The second-order valence-electron chi connectivity index (χ2n) is 5.46. The molecule has 0 saturated heterocycles. The SMILES string of the molecule is C=C(C)C(=O)OCC(CCCCCCC)N(CC)CC. The third kappa shape index (κ3) is 8.36. The number of hydrogen-bond donors (Lipinski definition) is 0. The van der Waals surface area contributed by atoms with E-state index >= 15 is 0 Å². The average molecular weight is 283 g/mol. The van der Waals surface area contributed by atoms with Gasteiger partial charge < -0.3 is 4.74 Å². The zero-order valence-electron chi connectivity index (χ0n) is 13.9. The largest absolute Gasteiger partial charge is 0.461 e. The standard InChI is InChI=1S/C17H33NO2/c1-6-9-10-11-12-13-16(18(7-2)8-3)14-20-17(19)15(4)5/h16H,4,6-14H2,1-3,5H3. The third-order valence-corrected chi connectivity index (χ3v) is 3.72. The van der Waals surface area contributed by atoms with Crippen molar-refractivity contribution in [1.82, 2.24) is 4.90 Å². The Balaban J connectivity index is 4.20. The fourth-order valence-electron chi connectivity index (χ4n) is 2.39. The zero-order chi connectivity index (χ0) is 15.4. The molecule has 1 unspecified atom stereocenters. The molecule has 3 nitrogen and oxygen atoms in total. The van der Waals surface area contributed by atoms with Crippen molar-refractivity contribution in [2.75, 3.05) is 19.7 Å². The summed E-state index contributed by atoms with van der Waals surface area (Å²) in [5, 5.41) is 0. The van der Waals surface area contributed by atoms with Crippen LogP contribution in [-0.2, 0) is 9.53 Å². The predicted molar refractivity (Wildman–Crippen MR) is 85.9 cm³/mol. The van der Waals surface area contributed by atoms with Gasteiger partial charge in [-0.05, 0) is 26.4 Å². The molecule has 118 valence electrons. The lowest BCUT2D eigenvalue weighted by molar-refractivity contribution is -0.140. The minimum atomic E-state index is -0.270. The molecule has 0 rings (SSSR count). The number of ether oxygens (including phenoxy) is 1. The van der Waals surface area contributed by atoms with Crippen molar-refractivity contribution in [2.45, 2.75) is 72.3 Å². The summed E-state index contributed by atoms with van der Waals surface area (Å²) in [5.74, 6) is -0.270. The highest BCUT2D eigenvalue weighted by Crippen LogP contribution is 2.13. The molecule has 0 N–H and O–H groups in total. The summed E-state index contributed by atoms with van der Waals surface area (Å²) in [5.41, 5.74) is 0.478. The molecule has 0 aromatic rings. The van der Waals surface area contributed by atoms with E-state index in [4.69, 9.17) is 4.74 Å². The summed E-state index contributed by atoms with van der Waals surface area (Å²) in [6, 6.07) is 0.343. The van der Waals surface area contributed by atoms with E-state index in [0.29, 0.717) is 18.2 Å². The molecule has 0 aliphatic carbocycles. The molecule has 1 atom stereocenters. The molecule has 0 aliphatic rings. The van der Waals surface area contributed by atoms with E-state index in [1.54, 1.807) is 6.92 Å². The van der Waals surface area contributed by atoms with Crippen LogP contribution in [0.3, 0.4) is 0 Å². The van der Waals surface area contributed by atoms with Crippen LogP contribution in [0.4, 0.5) is 0 Å². The summed E-state index contributed by atoms with van der Waals surface area (Å²) >= 11 is 0. The lowest BCUT2D eigenvalue weighted by atomic mass is 10.1. The van der Waals surface area contributed by atoms with Crippen LogP contribution in [0.2, 0.25) is 0 Å². The molecule has 0 amide bonds. The van der Waals surface area contributed by atoms with E-state index in [1.165, 1.54) is 32.1 Å². The molecule has 0 fully saturated rings. The molecule has 0 aromatic heterocycles. The van der Waals surface area contributed by atoms with E-state index in [0.717, 1.165) is 19.5 Å². The van der Waals surface area contributed by atoms with Gasteiger partial charge in [-0.1, -0.05) is 59.5 Å². The molecule has 0 spiro atoms. The highest BCUT2D eigenvalue weighted by atomic mass is 16.5. The number of hydrogen-bond acceptors (Lipinski definition) is 3. The van der Waals surface area contributed by atoms with Crippen LogP contribution in [0.5, 0.6) is 0 Å². The van der Waals surface area contributed by atoms with Crippen LogP contribution in [0, 0.1) is 0 Å². The molecule has 0 bridgehead atoms. The van der Waals surface area contributed by atoms with Crippen LogP contribution in [0.1, 0.15) is 66.2 Å². The smallest absolute Gasteiger partial charge is 0.333 e. The van der Waals surface area contributed by atoms with Crippen LogP contribution >= 0.6 is 0 Å². The average Bonchev–Trinajstić information content (AvgIpc) is 2.44. The highest BCUT2D eigenvalue weighted by Gasteiger charge is 2.17. The van der Waals surface area contributed by atoms with Gasteiger partial charge in [0.25, 0.3) is 0 Å². The lowest BCUT2D eigenvalue weighted by Crippen LogP contribution is -2.39. The normalized spacial score (nSPS) is 12.4. The number of esters is 1. The fraction of sp³-hybridized carbons (Fsp3) is 0.824. The Labute approximate surface area is 125 Å². The minimum Gasteiger partial charge on any atom is -0.461 e. The highest BCUT2D eigenvalue weighted by molar-refractivity contribution is 5.86.